The van der Waals surface area contributed by atoms with E-state index in [4.69, 9.17) is 0 Å². The quantitative estimate of drug-likeness (QED) is 0.728. The maximum atomic E-state index is 12.0. The number of hydrogen-bond donors (Lipinski definition) is 2. The van der Waals surface area contributed by atoms with Gasteiger partial charge in [-0.3, -0.25) is 9.59 Å². The van der Waals surface area contributed by atoms with Gasteiger partial charge in [-0.05, 0) is 37.8 Å². The van der Waals surface area contributed by atoms with Crippen molar-refractivity contribution in [3.63, 3.8) is 0 Å². The summed E-state index contributed by atoms with van der Waals surface area (Å²) in [5.74, 6) is -0.168. The monoisotopic (exact) mass is 352 g/mol. The third-order valence-electron chi connectivity index (χ3n) is 4.16. The smallest absolute Gasteiger partial charge is 0.220 e. The van der Waals surface area contributed by atoms with Crippen LogP contribution in [0.5, 0.6) is 0 Å². The number of amides is 2. The molecular weight excluding hydrogens is 324 g/mol. The molecule has 4 heteroatoms. The molecule has 0 bridgehead atoms. The molecule has 0 radical (unpaired) electrons. The minimum absolute atomic E-state index is 0.0463. The second-order valence-corrected chi connectivity index (χ2v) is 6.82. The predicted molar refractivity (Wildman–Crippen MR) is 105 cm³/mol. The molecule has 4 nitrogen and oxygen atoms in total. The van der Waals surface area contributed by atoms with E-state index < -0.39 is 0 Å². The number of nitrogens with one attached hydrogen (secondary N) is 2. The summed E-state index contributed by atoms with van der Waals surface area (Å²) in [5, 5.41) is 5.92. The van der Waals surface area contributed by atoms with E-state index in [-0.39, 0.29) is 36.7 Å². The molecule has 26 heavy (non-hydrogen) atoms. The van der Waals surface area contributed by atoms with Gasteiger partial charge in [0.25, 0.3) is 0 Å². The van der Waals surface area contributed by atoms with E-state index in [2.05, 4.69) is 10.6 Å². The molecule has 0 aliphatic rings. The molecule has 2 aromatic rings. The first-order chi connectivity index (χ1) is 12.5. The summed E-state index contributed by atoms with van der Waals surface area (Å²) in [6.07, 6.45) is 1.99. The highest BCUT2D eigenvalue weighted by molar-refractivity contribution is 5.83. The molecule has 2 rings (SSSR count). The highest BCUT2D eigenvalue weighted by atomic mass is 16.2. The third-order valence-corrected chi connectivity index (χ3v) is 4.16. The Hall–Kier alpha value is -2.62. The first-order valence-electron chi connectivity index (χ1n) is 9.19. The van der Waals surface area contributed by atoms with E-state index in [1.165, 1.54) is 11.1 Å². The lowest BCUT2D eigenvalue weighted by molar-refractivity contribution is -0.127. The molecule has 138 valence electrons. The Balaban J connectivity index is 1.65. The first kappa shape index (κ1) is 19.7. The van der Waals surface area contributed by atoms with Gasteiger partial charge >= 0.3 is 0 Å². The molecule has 0 saturated carbocycles. The molecule has 0 aliphatic carbocycles. The van der Waals surface area contributed by atoms with Gasteiger partial charge in [0, 0.05) is 24.9 Å². The molecular formula is C22H28N2O2. The van der Waals surface area contributed by atoms with Crippen LogP contribution < -0.4 is 10.6 Å². The van der Waals surface area contributed by atoms with Gasteiger partial charge in [0.1, 0.15) is 0 Å². The van der Waals surface area contributed by atoms with Gasteiger partial charge < -0.3 is 10.6 Å². The van der Waals surface area contributed by atoms with Crippen LogP contribution in [0.2, 0.25) is 0 Å². The van der Waals surface area contributed by atoms with Gasteiger partial charge in [-0.15, -0.1) is 0 Å². The van der Waals surface area contributed by atoms with Gasteiger partial charge in [0.05, 0.1) is 0 Å². The fourth-order valence-corrected chi connectivity index (χ4v) is 2.96. The van der Waals surface area contributed by atoms with Crippen molar-refractivity contribution in [1.29, 1.82) is 0 Å². The Bertz CT molecular complexity index is 624. The lowest BCUT2D eigenvalue weighted by atomic mass is 10.1. The maximum Gasteiger partial charge on any atom is 0.220 e. The molecule has 0 spiro atoms. The molecule has 0 fully saturated rings. The van der Waals surface area contributed by atoms with Crippen LogP contribution in [0.4, 0.5) is 0 Å². The molecule has 2 aromatic carbocycles. The Morgan fingerprint density at radius 1 is 0.692 bits per heavy atom. The minimum Gasteiger partial charge on any atom is -0.353 e. The Labute approximate surface area is 156 Å². The normalized spacial score (nSPS) is 12.8. The number of carbonyl (C=O) groups excluding carboxylic acids is 2. The van der Waals surface area contributed by atoms with Crippen LogP contribution in [-0.2, 0) is 22.4 Å². The highest BCUT2D eigenvalue weighted by Crippen LogP contribution is 2.05. The van der Waals surface area contributed by atoms with Crippen LogP contribution in [0.25, 0.3) is 0 Å². The topological polar surface area (TPSA) is 58.2 Å². The molecule has 0 aromatic heterocycles. The van der Waals surface area contributed by atoms with Crippen molar-refractivity contribution in [1.82, 2.24) is 10.6 Å². The van der Waals surface area contributed by atoms with Crippen molar-refractivity contribution >= 4 is 11.8 Å². The zero-order valence-corrected chi connectivity index (χ0v) is 15.6. The largest absolute Gasteiger partial charge is 0.353 e. The molecule has 2 atom stereocenters. The third kappa shape index (κ3) is 7.51. The number of hydrogen-bond acceptors (Lipinski definition) is 2. The first-order valence-corrected chi connectivity index (χ1v) is 9.19. The van der Waals surface area contributed by atoms with Gasteiger partial charge in [0.2, 0.25) is 11.8 Å². The fourth-order valence-electron chi connectivity index (χ4n) is 2.96. The van der Waals surface area contributed by atoms with Gasteiger partial charge in [-0.25, -0.2) is 0 Å². The van der Waals surface area contributed by atoms with Crippen LogP contribution in [0, 0.1) is 0 Å². The predicted octanol–water partition coefficient (Wildman–Crippen LogP) is 3.26. The molecule has 0 saturated heterocycles. The zero-order chi connectivity index (χ0) is 18.8. The summed E-state index contributed by atoms with van der Waals surface area (Å²) >= 11 is 0. The maximum absolute atomic E-state index is 12.0. The fraction of sp³-hybridized carbons (Fsp3) is 0.364. The molecule has 0 heterocycles. The summed E-state index contributed by atoms with van der Waals surface area (Å²) in [5.41, 5.74) is 2.38. The van der Waals surface area contributed by atoms with Gasteiger partial charge in [0.15, 0.2) is 0 Å². The van der Waals surface area contributed by atoms with Gasteiger partial charge in [-0.1, -0.05) is 60.7 Å². The minimum atomic E-state index is -0.0840. The highest BCUT2D eigenvalue weighted by Gasteiger charge is 2.12. The summed E-state index contributed by atoms with van der Waals surface area (Å²) in [6.45, 7) is 3.96. The van der Waals surface area contributed by atoms with Crippen molar-refractivity contribution in [2.45, 2.75) is 51.6 Å². The molecule has 0 unspecified atom stereocenters. The zero-order valence-electron chi connectivity index (χ0n) is 15.6. The lowest BCUT2D eigenvalue weighted by Crippen LogP contribution is -2.37. The summed E-state index contributed by atoms with van der Waals surface area (Å²) in [7, 11) is 0. The molecule has 2 amide bonds. The van der Waals surface area contributed by atoms with Crippen molar-refractivity contribution in [3.05, 3.63) is 71.8 Å². The number of benzene rings is 2. The molecule has 0 aliphatic heterocycles. The van der Waals surface area contributed by atoms with Crippen molar-refractivity contribution in [2.75, 3.05) is 0 Å². The Morgan fingerprint density at radius 3 is 1.38 bits per heavy atom. The van der Waals surface area contributed by atoms with E-state index >= 15 is 0 Å². The van der Waals surface area contributed by atoms with Crippen LogP contribution in [0.3, 0.4) is 0 Å². The van der Waals surface area contributed by atoms with Crippen molar-refractivity contribution in [2.24, 2.45) is 0 Å². The van der Waals surface area contributed by atoms with Crippen molar-refractivity contribution in [3.8, 4) is 0 Å². The average Bonchev–Trinajstić information content (AvgIpc) is 2.61. The van der Waals surface area contributed by atoms with Crippen LogP contribution in [0.15, 0.2) is 60.7 Å². The second kappa shape index (κ2) is 10.4. The average molecular weight is 352 g/mol. The SMILES string of the molecule is C[C@@H](Cc1ccccc1)NC(=O)CCC(=O)N[C@@H](C)Cc1ccccc1. The van der Waals surface area contributed by atoms with E-state index in [0.717, 1.165) is 12.8 Å². The van der Waals surface area contributed by atoms with Crippen LogP contribution in [0.1, 0.15) is 37.8 Å². The van der Waals surface area contributed by atoms with E-state index in [9.17, 15) is 9.59 Å². The summed E-state index contributed by atoms with van der Waals surface area (Å²) < 4.78 is 0. The summed E-state index contributed by atoms with van der Waals surface area (Å²) in [4.78, 5) is 24.1. The van der Waals surface area contributed by atoms with Crippen LogP contribution in [-0.4, -0.2) is 23.9 Å². The van der Waals surface area contributed by atoms with Crippen molar-refractivity contribution < 1.29 is 9.59 Å². The Kier molecular flexibility index (Phi) is 7.87. The summed E-state index contributed by atoms with van der Waals surface area (Å²) in [6, 6.07) is 20.2. The van der Waals surface area contributed by atoms with Crippen LogP contribution >= 0.6 is 0 Å². The molecule has 2 N–H and O–H groups in total. The standard InChI is InChI=1S/C22H28N2O2/c1-17(15-19-9-5-3-6-10-19)23-21(25)13-14-22(26)24-18(2)16-20-11-7-4-8-12-20/h3-12,17-18H,13-16H2,1-2H3,(H,23,25)(H,24,26)/t17-,18-/m0/s1. The number of carbonyl (C=O) groups is 2. The van der Waals surface area contributed by atoms with Gasteiger partial charge in [-0.2, -0.15) is 0 Å². The van der Waals surface area contributed by atoms with E-state index in [1.807, 2.05) is 74.5 Å². The second-order valence-electron chi connectivity index (χ2n) is 6.82. The van der Waals surface area contributed by atoms with E-state index in [0.29, 0.717) is 0 Å². The van der Waals surface area contributed by atoms with E-state index in [1.54, 1.807) is 0 Å². The Morgan fingerprint density at radius 2 is 1.04 bits per heavy atom. The number of rotatable bonds is 9. The lowest BCUT2D eigenvalue weighted by Gasteiger charge is -2.15.